The summed E-state index contributed by atoms with van der Waals surface area (Å²) in [4.78, 5) is 16.6. The number of hydrogen-bond donors (Lipinski definition) is 1. The maximum atomic E-state index is 12.1. The van der Waals surface area contributed by atoms with Crippen molar-refractivity contribution in [3.63, 3.8) is 0 Å². The van der Waals surface area contributed by atoms with Gasteiger partial charge < -0.3 is 10.6 Å². The first-order chi connectivity index (χ1) is 9.19. The highest BCUT2D eigenvalue weighted by Gasteiger charge is 2.22. The summed E-state index contributed by atoms with van der Waals surface area (Å²) in [5, 5.41) is 0. The zero-order chi connectivity index (χ0) is 14.1. The van der Waals surface area contributed by atoms with Crippen molar-refractivity contribution in [2.75, 3.05) is 32.7 Å². The molecule has 4 nitrogen and oxygen atoms in total. The lowest BCUT2D eigenvalue weighted by Crippen LogP contribution is -2.51. The van der Waals surface area contributed by atoms with Crippen LogP contribution in [0.5, 0.6) is 0 Å². The van der Waals surface area contributed by atoms with Gasteiger partial charge >= 0.3 is 0 Å². The molecule has 1 aliphatic heterocycles. The van der Waals surface area contributed by atoms with E-state index in [9.17, 15) is 4.79 Å². The number of amides is 1. The van der Waals surface area contributed by atoms with Gasteiger partial charge in [-0.25, -0.2) is 0 Å². The summed E-state index contributed by atoms with van der Waals surface area (Å²) in [6.07, 6.45) is 6.30. The van der Waals surface area contributed by atoms with Crippen molar-refractivity contribution in [1.29, 1.82) is 0 Å². The third-order valence-corrected chi connectivity index (χ3v) is 4.23. The Labute approximate surface area is 118 Å². The molecule has 0 saturated carbocycles. The van der Waals surface area contributed by atoms with Gasteiger partial charge in [0.1, 0.15) is 0 Å². The molecule has 0 spiro atoms. The maximum Gasteiger partial charge on any atom is 0.222 e. The van der Waals surface area contributed by atoms with Crippen molar-refractivity contribution in [3.8, 4) is 0 Å². The molecule has 1 amide bonds. The molecular weight excluding hydrogens is 238 g/mol. The highest BCUT2D eigenvalue weighted by molar-refractivity contribution is 5.76. The maximum absolute atomic E-state index is 12.1. The molecule has 0 aromatic rings. The van der Waals surface area contributed by atoms with Crippen LogP contribution in [0, 0.1) is 0 Å². The van der Waals surface area contributed by atoms with E-state index in [1.54, 1.807) is 0 Å². The topological polar surface area (TPSA) is 49.6 Å². The smallest absolute Gasteiger partial charge is 0.222 e. The summed E-state index contributed by atoms with van der Waals surface area (Å²) in [6, 6.07) is 0.647. The van der Waals surface area contributed by atoms with E-state index in [2.05, 4.69) is 18.7 Å². The summed E-state index contributed by atoms with van der Waals surface area (Å²) < 4.78 is 0. The lowest BCUT2D eigenvalue weighted by atomic mass is 10.1. The Kier molecular flexibility index (Phi) is 8.07. The first kappa shape index (κ1) is 16.4. The van der Waals surface area contributed by atoms with Crippen LogP contribution < -0.4 is 5.73 Å². The number of carbonyl (C=O) groups is 1. The molecule has 1 heterocycles. The molecule has 19 heavy (non-hydrogen) atoms. The van der Waals surface area contributed by atoms with Crippen LogP contribution in [0.2, 0.25) is 0 Å². The van der Waals surface area contributed by atoms with Crippen molar-refractivity contribution in [2.24, 2.45) is 5.73 Å². The molecule has 0 aliphatic carbocycles. The summed E-state index contributed by atoms with van der Waals surface area (Å²) in [7, 11) is 0. The third-order valence-electron chi connectivity index (χ3n) is 4.23. The number of carbonyl (C=O) groups excluding carboxylic acids is 1. The van der Waals surface area contributed by atoms with E-state index < -0.39 is 0 Å². The first-order valence-corrected chi connectivity index (χ1v) is 7.91. The number of nitrogens with zero attached hydrogens (tertiary/aromatic N) is 2. The largest absolute Gasteiger partial charge is 0.340 e. The van der Waals surface area contributed by atoms with E-state index in [0.717, 1.165) is 58.4 Å². The molecule has 0 aromatic carbocycles. The van der Waals surface area contributed by atoms with Gasteiger partial charge in [-0.05, 0) is 32.7 Å². The van der Waals surface area contributed by atoms with E-state index in [1.165, 1.54) is 6.42 Å². The van der Waals surface area contributed by atoms with Crippen molar-refractivity contribution in [2.45, 2.75) is 58.4 Å². The van der Waals surface area contributed by atoms with Crippen molar-refractivity contribution >= 4 is 5.91 Å². The second kappa shape index (κ2) is 9.32. The average molecular weight is 269 g/mol. The first-order valence-electron chi connectivity index (χ1n) is 7.91. The van der Waals surface area contributed by atoms with Crippen LogP contribution in [0.4, 0.5) is 0 Å². The second-order valence-electron chi connectivity index (χ2n) is 5.63. The van der Waals surface area contributed by atoms with Crippen molar-refractivity contribution in [1.82, 2.24) is 9.80 Å². The molecule has 1 atom stereocenters. The van der Waals surface area contributed by atoms with Crippen LogP contribution in [0.1, 0.15) is 52.4 Å². The molecule has 1 aliphatic rings. The van der Waals surface area contributed by atoms with Gasteiger partial charge in [0.05, 0.1) is 0 Å². The molecule has 2 N–H and O–H groups in total. The lowest BCUT2D eigenvalue weighted by Gasteiger charge is -2.37. The highest BCUT2D eigenvalue weighted by Crippen LogP contribution is 2.11. The molecule has 0 aromatic heterocycles. The number of rotatable bonds is 8. The van der Waals surface area contributed by atoms with Crippen LogP contribution in [0.3, 0.4) is 0 Å². The Morgan fingerprint density at radius 2 is 1.74 bits per heavy atom. The van der Waals surface area contributed by atoms with Gasteiger partial charge in [-0.15, -0.1) is 0 Å². The fourth-order valence-electron chi connectivity index (χ4n) is 2.60. The molecule has 0 radical (unpaired) electrons. The minimum atomic E-state index is 0.344. The third kappa shape index (κ3) is 5.91. The molecule has 1 unspecified atom stereocenters. The Balaban J connectivity index is 2.14. The van der Waals surface area contributed by atoms with Gasteiger partial charge in [0.25, 0.3) is 0 Å². The Hall–Kier alpha value is -0.610. The molecule has 1 rings (SSSR count). The average Bonchev–Trinajstić information content (AvgIpc) is 2.46. The molecule has 112 valence electrons. The summed E-state index contributed by atoms with van der Waals surface area (Å²) in [6.45, 7) is 9.16. The zero-order valence-corrected chi connectivity index (χ0v) is 12.7. The number of unbranched alkanes of at least 4 members (excludes halogenated alkanes) is 3. The Bertz CT molecular complexity index is 250. The monoisotopic (exact) mass is 269 g/mol. The van der Waals surface area contributed by atoms with Gasteiger partial charge in [0.15, 0.2) is 0 Å². The van der Waals surface area contributed by atoms with E-state index in [4.69, 9.17) is 5.73 Å². The van der Waals surface area contributed by atoms with Gasteiger partial charge in [-0.1, -0.05) is 19.8 Å². The van der Waals surface area contributed by atoms with Crippen LogP contribution >= 0.6 is 0 Å². The standard InChI is InChI=1S/C15H31N3O/c1-3-14(2)17-10-12-18(13-11-17)15(19)8-6-4-5-7-9-16/h14H,3-13,16H2,1-2H3. The number of nitrogens with two attached hydrogens (primary N) is 1. The van der Waals surface area contributed by atoms with Crippen molar-refractivity contribution in [3.05, 3.63) is 0 Å². The molecular formula is C15H31N3O. The fraction of sp³-hybridized carbons (Fsp3) is 0.933. The molecule has 1 fully saturated rings. The quantitative estimate of drug-likeness (QED) is 0.684. The number of piperazine rings is 1. The minimum absolute atomic E-state index is 0.344. The van der Waals surface area contributed by atoms with E-state index >= 15 is 0 Å². The van der Waals surface area contributed by atoms with Gasteiger partial charge in [0.2, 0.25) is 5.91 Å². The lowest BCUT2D eigenvalue weighted by molar-refractivity contribution is -0.133. The second-order valence-corrected chi connectivity index (χ2v) is 5.63. The fourth-order valence-corrected chi connectivity index (χ4v) is 2.60. The minimum Gasteiger partial charge on any atom is -0.340 e. The van der Waals surface area contributed by atoms with Gasteiger partial charge in [-0.2, -0.15) is 0 Å². The summed E-state index contributed by atoms with van der Waals surface area (Å²) >= 11 is 0. The SMILES string of the molecule is CCC(C)N1CCN(C(=O)CCCCCCN)CC1. The van der Waals surface area contributed by atoms with Gasteiger partial charge in [-0.3, -0.25) is 9.69 Å². The Morgan fingerprint density at radius 3 is 2.32 bits per heavy atom. The van der Waals surface area contributed by atoms with E-state index in [1.807, 2.05) is 4.90 Å². The Morgan fingerprint density at radius 1 is 1.11 bits per heavy atom. The van der Waals surface area contributed by atoms with Gasteiger partial charge in [0, 0.05) is 38.6 Å². The van der Waals surface area contributed by atoms with Crippen LogP contribution in [0.15, 0.2) is 0 Å². The summed E-state index contributed by atoms with van der Waals surface area (Å²) in [5.74, 6) is 0.344. The van der Waals surface area contributed by atoms with E-state index in [0.29, 0.717) is 18.4 Å². The van der Waals surface area contributed by atoms with Crippen molar-refractivity contribution < 1.29 is 4.79 Å². The van der Waals surface area contributed by atoms with E-state index in [-0.39, 0.29) is 0 Å². The normalized spacial score (nSPS) is 18.6. The van der Waals surface area contributed by atoms with Crippen LogP contribution in [-0.4, -0.2) is 54.5 Å². The predicted octanol–water partition coefficient (Wildman–Crippen LogP) is 1.84. The van der Waals surface area contributed by atoms with Crippen LogP contribution in [-0.2, 0) is 4.79 Å². The zero-order valence-electron chi connectivity index (χ0n) is 12.7. The predicted molar refractivity (Wildman–Crippen MR) is 80.0 cm³/mol. The van der Waals surface area contributed by atoms with Crippen LogP contribution in [0.25, 0.3) is 0 Å². The molecule has 0 bridgehead atoms. The summed E-state index contributed by atoms with van der Waals surface area (Å²) in [5.41, 5.74) is 5.46. The molecule has 4 heteroatoms. The number of hydrogen-bond acceptors (Lipinski definition) is 3. The molecule has 1 saturated heterocycles. The highest BCUT2D eigenvalue weighted by atomic mass is 16.2.